The molecule has 0 aliphatic heterocycles. The Labute approximate surface area is 85.1 Å². The van der Waals surface area contributed by atoms with Crippen LogP contribution in [0, 0.1) is 11.8 Å². The summed E-state index contributed by atoms with van der Waals surface area (Å²) in [5.74, 6) is 5.84. The molecule has 1 heteroatoms. The van der Waals surface area contributed by atoms with E-state index >= 15 is 0 Å². The van der Waals surface area contributed by atoms with Crippen LogP contribution in [0.1, 0.15) is 19.4 Å². The average Bonchev–Trinajstić information content (AvgIpc) is 2.13. The molecule has 0 amide bonds. The van der Waals surface area contributed by atoms with Gasteiger partial charge in [-0.3, -0.25) is 0 Å². The summed E-state index contributed by atoms with van der Waals surface area (Å²) < 4.78 is 0. The molecular weight excluding hydrogens is 172 g/mol. The summed E-state index contributed by atoms with van der Waals surface area (Å²) in [4.78, 5) is 0. The van der Waals surface area contributed by atoms with Gasteiger partial charge in [-0.15, -0.1) is 0 Å². The van der Waals surface area contributed by atoms with Crippen LogP contribution in [0.3, 0.4) is 0 Å². The van der Waals surface area contributed by atoms with Gasteiger partial charge in [-0.25, -0.2) is 0 Å². The van der Waals surface area contributed by atoms with E-state index in [4.69, 9.17) is 0 Å². The number of hydrogen-bond acceptors (Lipinski definition) is 1. The molecule has 0 saturated heterocycles. The summed E-state index contributed by atoms with van der Waals surface area (Å²) in [5.41, 5.74) is 0.193. The molecule has 0 spiro atoms. The van der Waals surface area contributed by atoms with Gasteiger partial charge >= 0.3 is 0 Å². The first-order valence-electron chi connectivity index (χ1n) is 4.54. The molecule has 0 aliphatic rings. The predicted octanol–water partition coefficient (Wildman–Crippen LogP) is 2.37. The Morgan fingerprint density at radius 1 is 1.21 bits per heavy atom. The summed E-state index contributed by atoms with van der Waals surface area (Å²) in [7, 11) is 0. The lowest BCUT2D eigenvalue weighted by Crippen LogP contribution is -2.13. The highest BCUT2D eigenvalue weighted by molar-refractivity contribution is 5.36. The number of rotatable bonds is 1. The molecule has 1 nitrogen and oxygen atoms in total. The van der Waals surface area contributed by atoms with E-state index in [0.717, 1.165) is 5.56 Å². The molecule has 0 fully saturated rings. The van der Waals surface area contributed by atoms with Gasteiger partial charge in [0.15, 0.2) is 0 Å². The molecule has 72 valence electrons. The Balaban J connectivity index is 2.62. The summed E-state index contributed by atoms with van der Waals surface area (Å²) in [5, 5.41) is 9.36. The molecule has 0 saturated carbocycles. The Bertz CT molecular complexity index is 358. The molecule has 0 aromatic heterocycles. The minimum absolute atomic E-state index is 0.786. The molecule has 1 aromatic rings. The fourth-order valence-electron chi connectivity index (χ4n) is 0.892. The first-order valence-corrected chi connectivity index (χ1v) is 4.54. The Kier molecular flexibility index (Phi) is 3.50. The minimum Gasteiger partial charge on any atom is -0.386 e. The lowest BCUT2D eigenvalue weighted by atomic mass is 10.1. The molecule has 1 aromatic carbocycles. The highest BCUT2D eigenvalue weighted by atomic mass is 16.3. The van der Waals surface area contributed by atoms with Gasteiger partial charge in [0.2, 0.25) is 0 Å². The van der Waals surface area contributed by atoms with E-state index in [1.165, 1.54) is 0 Å². The van der Waals surface area contributed by atoms with E-state index in [0.29, 0.717) is 0 Å². The normalized spacial score (nSPS) is 11.1. The molecule has 1 rings (SSSR count). The zero-order valence-electron chi connectivity index (χ0n) is 8.49. The van der Waals surface area contributed by atoms with Gasteiger partial charge in [0, 0.05) is 5.56 Å². The largest absolute Gasteiger partial charge is 0.386 e. The molecule has 0 heterocycles. The van der Waals surface area contributed by atoms with Gasteiger partial charge in [-0.2, -0.15) is 0 Å². The van der Waals surface area contributed by atoms with Crippen molar-refractivity contribution in [1.82, 2.24) is 0 Å². The first kappa shape index (κ1) is 10.6. The fraction of sp³-hybridized carbons (Fsp3) is 0.231. The lowest BCUT2D eigenvalue weighted by Gasteiger charge is -2.08. The lowest BCUT2D eigenvalue weighted by molar-refractivity contribution is 0.133. The third-order valence-corrected chi connectivity index (χ3v) is 1.56. The monoisotopic (exact) mass is 186 g/mol. The zero-order valence-corrected chi connectivity index (χ0v) is 8.49. The highest BCUT2D eigenvalue weighted by Crippen LogP contribution is 2.01. The standard InChI is InChI=1S/C13H14O/c1-13(2,14)11-7-6-10-12-8-4-3-5-9-12/h3-5,7-9,11,14H,1-2H3. The van der Waals surface area contributed by atoms with Crippen molar-refractivity contribution in [3.63, 3.8) is 0 Å². The minimum atomic E-state index is -0.786. The van der Waals surface area contributed by atoms with Crippen LogP contribution in [0.25, 0.3) is 0 Å². The number of allylic oxidation sites excluding steroid dienone is 1. The van der Waals surface area contributed by atoms with Crippen LogP contribution in [0.4, 0.5) is 0 Å². The van der Waals surface area contributed by atoms with Crippen molar-refractivity contribution in [3.8, 4) is 11.8 Å². The molecule has 1 N–H and O–H groups in total. The van der Waals surface area contributed by atoms with Crippen molar-refractivity contribution in [3.05, 3.63) is 48.0 Å². The molecule has 0 atom stereocenters. The Hall–Kier alpha value is -1.52. The van der Waals surface area contributed by atoms with Gasteiger partial charge in [0.25, 0.3) is 0 Å². The van der Waals surface area contributed by atoms with Crippen LogP contribution >= 0.6 is 0 Å². The van der Waals surface area contributed by atoms with E-state index in [2.05, 4.69) is 11.8 Å². The second-order valence-corrected chi connectivity index (χ2v) is 3.62. The van der Waals surface area contributed by atoms with Crippen LogP contribution in [0.5, 0.6) is 0 Å². The second kappa shape index (κ2) is 4.64. The van der Waals surface area contributed by atoms with E-state index in [1.54, 1.807) is 26.0 Å². The first-order chi connectivity index (χ1) is 6.58. The summed E-state index contributed by atoms with van der Waals surface area (Å²) in [6.45, 7) is 3.43. The number of aliphatic hydroxyl groups is 1. The van der Waals surface area contributed by atoms with Crippen molar-refractivity contribution in [2.24, 2.45) is 0 Å². The fourth-order valence-corrected chi connectivity index (χ4v) is 0.892. The quantitative estimate of drug-likeness (QED) is 0.667. The molecule has 0 aliphatic carbocycles. The van der Waals surface area contributed by atoms with Crippen LogP contribution < -0.4 is 0 Å². The van der Waals surface area contributed by atoms with Crippen LogP contribution in [-0.4, -0.2) is 10.7 Å². The third kappa shape index (κ3) is 4.49. The molecule has 0 bridgehead atoms. The summed E-state index contributed by atoms with van der Waals surface area (Å²) >= 11 is 0. The van der Waals surface area contributed by atoms with Crippen molar-refractivity contribution >= 4 is 0 Å². The smallest absolute Gasteiger partial charge is 0.0780 e. The average molecular weight is 186 g/mol. The van der Waals surface area contributed by atoms with Crippen molar-refractivity contribution in [2.75, 3.05) is 0 Å². The van der Waals surface area contributed by atoms with E-state index in [-0.39, 0.29) is 0 Å². The third-order valence-electron chi connectivity index (χ3n) is 1.56. The van der Waals surface area contributed by atoms with E-state index in [9.17, 15) is 5.11 Å². The van der Waals surface area contributed by atoms with Gasteiger partial charge in [-0.1, -0.05) is 30.0 Å². The maximum Gasteiger partial charge on any atom is 0.0780 e. The van der Waals surface area contributed by atoms with E-state index < -0.39 is 5.60 Å². The topological polar surface area (TPSA) is 20.2 Å². The van der Waals surface area contributed by atoms with Crippen LogP contribution in [-0.2, 0) is 0 Å². The van der Waals surface area contributed by atoms with Gasteiger partial charge in [-0.05, 0) is 38.1 Å². The second-order valence-electron chi connectivity index (χ2n) is 3.62. The Morgan fingerprint density at radius 3 is 2.43 bits per heavy atom. The number of benzene rings is 1. The SMILES string of the molecule is CC(C)(O)C=CC#Cc1ccccc1. The molecule has 0 radical (unpaired) electrons. The van der Waals surface area contributed by atoms with Crippen molar-refractivity contribution in [2.45, 2.75) is 19.4 Å². The van der Waals surface area contributed by atoms with Crippen LogP contribution in [0.15, 0.2) is 42.5 Å². The van der Waals surface area contributed by atoms with Crippen molar-refractivity contribution in [1.29, 1.82) is 0 Å². The summed E-state index contributed by atoms with van der Waals surface area (Å²) in [6.07, 6.45) is 3.34. The zero-order chi connectivity index (χ0) is 10.4. The number of hydrogen-bond donors (Lipinski definition) is 1. The van der Waals surface area contributed by atoms with Gasteiger partial charge in [0.1, 0.15) is 0 Å². The Morgan fingerprint density at radius 2 is 1.86 bits per heavy atom. The maximum atomic E-state index is 9.36. The van der Waals surface area contributed by atoms with Crippen LogP contribution in [0.2, 0.25) is 0 Å². The summed E-state index contributed by atoms with van der Waals surface area (Å²) in [6, 6.07) is 9.75. The maximum absolute atomic E-state index is 9.36. The predicted molar refractivity (Wildman–Crippen MR) is 58.8 cm³/mol. The molecule has 0 unspecified atom stereocenters. The molecule has 14 heavy (non-hydrogen) atoms. The van der Waals surface area contributed by atoms with E-state index in [1.807, 2.05) is 30.3 Å². The highest BCUT2D eigenvalue weighted by Gasteiger charge is 2.04. The van der Waals surface area contributed by atoms with Gasteiger partial charge in [0.05, 0.1) is 5.60 Å². The molecular formula is C13H14O. The van der Waals surface area contributed by atoms with Crippen molar-refractivity contribution < 1.29 is 5.11 Å². The van der Waals surface area contributed by atoms with Gasteiger partial charge < -0.3 is 5.11 Å².